The minimum absolute atomic E-state index is 0. The van der Waals surface area contributed by atoms with Crippen molar-refractivity contribution in [2.45, 2.75) is 19.8 Å². The fourth-order valence-electron chi connectivity index (χ4n) is 2.74. The molecule has 0 saturated heterocycles. The van der Waals surface area contributed by atoms with E-state index >= 15 is 0 Å². The van der Waals surface area contributed by atoms with Crippen LogP contribution < -0.4 is 15.9 Å². The molecule has 3 aromatic carbocycles. The lowest BCUT2D eigenvalue weighted by Gasteiger charge is -2.20. The summed E-state index contributed by atoms with van der Waals surface area (Å²) in [5.41, 5.74) is 1.44. The van der Waals surface area contributed by atoms with E-state index in [9.17, 15) is 0 Å². The summed E-state index contributed by atoms with van der Waals surface area (Å²) in [6, 6.07) is 30.9. The van der Waals surface area contributed by atoms with Crippen molar-refractivity contribution in [3.63, 3.8) is 0 Å². The average molecular weight is 385 g/mol. The van der Waals surface area contributed by atoms with Gasteiger partial charge in [0.15, 0.2) is 0 Å². The van der Waals surface area contributed by atoms with Crippen LogP contribution in [0.25, 0.3) is 0 Å². The first-order valence-corrected chi connectivity index (χ1v) is 9.22. The van der Waals surface area contributed by atoms with Crippen molar-refractivity contribution >= 4 is 40.8 Å². The monoisotopic (exact) mass is 384 g/mol. The topological polar surface area (TPSA) is 0 Å². The highest BCUT2D eigenvalue weighted by Gasteiger charge is 2.16. The number of benzene rings is 3. The summed E-state index contributed by atoms with van der Waals surface area (Å²) in [5.74, 6) is 0. The van der Waals surface area contributed by atoms with Gasteiger partial charge < -0.3 is 0 Å². The maximum atomic E-state index is 2.40. The second kappa shape index (κ2) is 9.01. The summed E-state index contributed by atoms with van der Waals surface area (Å²) in [6.45, 7) is 2.24. The maximum absolute atomic E-state index is 2.40. The molecule has 0 spiro atoms. The molecule has 3 aromatic rings. The van der Waals surface area contributed by atoms with Gasteiger partial charge in [-0.2, -0.15) is 0 Å². The van der Waals surface area contributed by atoms with Crippen molar-refractivity contribution < 1.29 is 0 Å². The zero-order chi connectivity index (χ0) is 15.2. The van der Waals surface area contributed by atoms with Crippen LogP contribution in [-0.2, 0) is 6.42 Å². The molecule has 118 valence electrons. The van der Waals surface area contributed by atoms with Gasteiger partial charge in [0.05, 0.1) is 0 Å². The van der Waals surface area contributed by atoms with Crippen LogP contribution in [0.5, 0.6) is 0 Å². The van der Waals surface area contributed by atoms with Crippen LogP contribution >= 0.6 is 24.9 Å². The Morgan fingerprint density at radius 1 is 0.652 bits per heavy atom. The van der Waals surface area contributed by atoms with Crippen molar-refractivity contribution in [2.75, 3.05) is 0 Å². The summed E-state index contributed by atoms with van der Waals surface area (Å²) >= 11 is 0. The molecule has 0 aromatic heterocycles. The SMILES string of the molecule is Br.CCCc1cccc(P(c2ccccc2)c2ccccc2)c1. The molecule has 0 nitrogen and oxygen atoms in total. The van der Waals surface area contributed by atoms with Crippen LogP contribution in [0.3, 0.4) is 0 Å². The Morgan fingerprint density at radius 3 is 1.70 bits per heavy atom. The third kappa shape index (κ3) is 4.53. The average Bonchev–Trinajstić information content (AvgIpc) is 2.58. The predicted octanol–water partition coefficient (Wildman–Crippen LogP) is 4.98. The smallest absolute Gasteiger partial charge is 0.0134 e. The molecule has 0 unspecified atom stereocenters. The second-order valence-corrected chi connectivity index (χ2v) is 7.65. The van der Waals surface area contributed by atoms with Crippen molar-refractivity contribution in [3.05, 3.63) is 90.5 Å². The van der Waals surface area contributed by atoms with E-state index in [0.717, 1.165) is 6.42 Å². The van der Waals surface area contributed by atoms with Gasteiger partial charge in [-0.05, 0) is 35.8 Å². The van der Waals surface area contributed by atoms with Crippen LogP contribution in [0.1, 0.15) is 18.9 Å². The van der Waals surface area contributed by atoms with E-state index < -0.39 is 7.92 Å². The Morgan fingerprint density at radius 2 is 1.17 bits per heavy atom. The third-order valence-electron chi connectivity index (χ3n) is 3.74. The molecule has 0 fully saturated rings. The van der Waals surface area contributed by atoms with Crippen molar-refractivity contribution in [1.29, 1.82) is 0 Å². The maximum Gasteiger partial charge on any atom is -0.0134 e. The summed E-state index contributed by atoms with van der Waals surface area (Å²) < 4.78 is 0. The molecular formula is C21H22BrP. The fourth-order valence-corrected chi connectivity index (χ4v) is 5.11. The molecule has 0 bridgehead atoms. The zero-order valence-electron chi connectivity index (χ0n) is 13.4. The molecule has 0 N–H and O–H groups in total. The molecular weight excluding hydrogens is 363 g/mol. The van der Waals surface area contributed by atoms with Crippen LogP contribution in [0.15, 0.2) is 84.9 Å². The van der Waals surface area contributed by atoms with Crippen LogP contribution in [0, 0.1) is 0 Å². The van der Waals surface area contributed by atoms with Gasteiger partial charge in [0.2, 0.25) is 0 Å². The first kappa shape index (κ1) is 17.9. The summed E-state index contributed by atoms with van der Waals surface area (Å²) in [6.07, 6.45) is 2.35. The fraction of sp³-hybridized carbons (Fsp3) is 0.143. The summed E-state index contributed by atoms with van der Waals surface area (Å²) in [4.78, 5) is 0. The Balaban J connectivity index is 0.00000192. The van der Waals surface area contributed by atoms with Gasteiger partial charge in [-0.1, -0.05) is 98.3 Å². The Labute approximate surface area is 151 Å². The van der Waals surface area contributed by atoms with E-state index in [4.69, 9.17) is 0 Å². The molecule has 0 aliphatic rings. The highest BCUT2D eigenvalue weighted by Crippen LogP contribution is 2.32. The molecule has 0 radical (unpaired) electrons. The molecule has 0 amide bonds. The largest absolute Gasteiger partial charge is 0.114 e. The molecule has 3 rings (SSSR count). The predicted molar refractivity (Wildman–Crippen MR) is 109 cm³/mol. The number of rotatable bonds is 5. The number of hydrogen-bond acceptors (Lipinski definition) is 0. The van der Waals surface area contributed by atoms with E-state index in [1.165, 1.54) is 27.9 Å². The minimum Gasteiger partial charge on any atom is -0.114 e. The van der Waals surface area contributed by atoms with Gasteiger partial charge in [-0.25, -0.2) is 0 Å². The number of aryl methyl sites for hydroxylation is 1. The number of hydrogen-bond donors (Lipinski definition) is 0. The van der Waals surface area contributed by atoms with Gasteiger partial charge in [-0.3, -0.25) is 0 Å². The molecule has 0 aliphatic heterocycles. The standard InChI is InChI=1S/C21H21P.BrH/c1-2-10-18-11-9-16-21(17-18)22(19-12-5-3-6-13-19)20-14-7-4-8-15-20;/h3-9,11-17H,2,10H2,1H3;1H. The van der Waals surface area contributed by atoms with E-state index in [0.29, 0.717) is 0 Å². The Hall–Kier alpha value is -1.43. The van der Waals surface area contributed by atoms with Crippen molar-refractivity contribution in [1.82, 2.24) is 0 Å². The third-order valence-corrected chi connectivity index (χ3v) is 6.16. The van der Waals surface area contributed by atoms with Crippen LogP contribution in [0.2, 0.25) is 0 Å². The number of halogens is 1. The highest BCUT2D eigenvalue weighted by molar-refractivity contribution is 8.93. The molecule has 0 saturated carbocycles. The normalized spacial score (nSPS) is 10.3. The van der Waals surface area contributed by atoms with Gasteiger partial charge in [0.25, 0.3) is 0 Å². The first-order valence-electron chi connectivity index (χ1n) is 7.87. The van der Waals surface area contributed by atoms with E-state index in [-0.39, 0.29) is 17.0 Å². The van der Waals surface area contributed by atoms with Crippen LogP contribution in [-0.4, -0.2) is 0 Å². The molecule has 2 heteroatoms. The molecule has 23 heavy (non-hydrogen) atoms. The van der Waals surface area contributed by atoms with E-state index in [2.05, 4.69) is 91.9 Å². The van der Waals surface area contributed by atoms with Crippen molar-refractivity contribution in [2.24, 2.45) is 0 Å². The van der Waals surface area contributed by atoms with Crippen molar-refractivity contribution in [3.8, 4) is 0 Å². The highest BCUT2D eigenvalue weighted by atomic mass is 79.9. The van der Waals surface area contributed by atoms with E-state index in [1.54, 1.807) is 0 Å². The Bertz CT molecular complexity index is 671. The van der Waals surface area contributed by atoms with Gasteiger partial charge in [-0.15, -0.1) is 17.0 Å². The van der Waals surface area contributed by atoms with E-state index in [1.807, 2.05) is 0 Å². The first-order chi connectivity index (χ1) is 10.9. The van der Waals surface area contributed by atoms with Gasteiger partial charge >= 0.3 is 0 Å². The molecule has 0 atom stereocenters. The summed E-state index contributed by atoms with van der Waals surface area (Å²) in [5, 5.41) is 4.27. The molecule has 0 aliphatic carbocycles. The van der Waals surface area contributed by atoms with Crippen LogP contribution in [0.4, 0.5) is 0 Å². The molecule has 0 heterocycles. The van der Waals surface area contributed by atoms with Gasteiger partial charge in [0, 0.05) is 0 Å². The lowest BCUT2D eigenvalue weighted by Crippen LogP contribution is -2.20. The lowest BCUT2D eigenvalue weighted by molar-refractivity contribution is 0.923. The summed E-state index contributed by atoms with van der Waals surface area (Å²) in [7, 11) is -0.473. The quantitative estimate of drug-likeness (QED) is 0.544. The minimum atomic E-state index is -0.473. The second-order valence-electron chi connectivity index (χ2n) is 5.43. The Kier molecular flexibility index (Phi) is 7.02. The lowest BCUT2D eigenvalue weighted by atomic mass is 10.1. The van der Waals surface area contributed by atoms with Gasteiger partial charge in [0.1, 0.15) is 0 Å². The zero-order valence-corrected chi connectivity index (χ0v) is 16.0.